The molecule has 6 nitrogen and oxygen atoms in total. The van der Waals surface area contributed by atoms with E-state index in [1.54, 1.807) is 14.2 Å². The molecule has 3 N–H and O–H groups in total. The van der Waals surface area contributed by atoms with Crippen molar-refractivity contribution >= 4 is 29.9 Å². The number of nitrogens with zero attached hydrogens (tertiary/aromatic N) is 1. The van der Waals surface area contributed by atoms with Gasteiger partial charge < -0.3 is 25.2 Å². The number of aliphatic hydroxyl groups excluding tert-OH is 1. The maximum atomic E-state index is 10.3. The minimum absolute atomic E-state index is 0. The van der Waals surface area contributed by atoms with E-state index in [-0.39, 0.29) is 24.0 Å². The van der Waals surface area contributed by atoms with E-state index in [2.05, 4.69) is 15.6 Å². The highest BCUT2D eigenvalue weighted by molar-refractivity contribution is 14.0. The van der Waals surface area contributed by atoms with Crippen LogP contribution in [0.5, 0.6) is 11.5 Å². The van der Waals surface area contributed by atoms with Crippen molar-refractivity contribution in [2.24, 2.45) is 4.99 Å². The van der Waals surface area contributed by atoms with E-state index in [0.717, 1.165) is 17.7 Å². The largest absolute Gasteiger partial charge is 0.493 e. The number of nitrogens with one attached hydrogen (secondary N) is 2. The fourth-order valence-electron chi connectivity index (χ4n) is 2.75. The number of hydrogen-bond acceptors (Lipinski definition) is 4. The molecular formula is C21H30IN3O3. The van der Waals surface area contributed by atoms with Crippen molar-refractivity contribution in [3.63, 3.8) is 0 Å². The number of guanidine groups is 1. The van der Waals surface area contributed by atoms with Crippen molar-refractivity contribution < 1.29 is 14.6 Å². The number of methoxy groups -OCH3 is 2. The SMILES string of the molecule is CCNC(=NCc1cccc(OC)c1OC)NCCC(O)c1ccccc1.I. The third-order valence-electron chi connectivity index (χ3n) is 4.13. The second-order valence-corrected chi connectivity index (χ2v) is 5.99. The molecule has 0 saturated carbocycles. The van der Waals surface area contributed by atoms with E-state index in [1.807, 2.05) is 55.5 Å². The van der Waals surface area contributed by atoms with Crippen LogP contribution in [-0.4, -0.2) is 38.4 Å². The van der Waals surface area contributed by atoms with Crippen LogP contribution < -0.4 is 20.1 Å². The normalized spacial score (nSPS) is 11.9. The molecule has 1 unspecified atom stereocenters. The lowest BCUT2D eigenvalue weighted by Gasteiger charge is -2.15. The summed E-state index contributed by atoms with van der Waals surface area (Å²) >= 11 is 0. The van der Waals surface area contributed by atoms with Crippen molar-refractivity contribution in [3.8, 4) is 11.5 Å². The van der Waals surface area contributed by atoms with Gasteiger partial charge in [-0.1, -0.05) is 42.5 Å². The summed E-state index contributed by atoms with van der Waals surface area (Å²) in [5, 5.41) is 16.7. The van der Waals surface area contributed by atoms with Crippen LogP contribution in [0, 0.1) is 0 Å². The van der Waals surface area contributed by atoms with Crippen molar-refractivity contribution in [3.05, 3.63) is 59.7 Å². The average Bonchev–Trinajstić information content (AvgIpc) is 2.72. The quantitative estimate of drug-likeness (QED) is 0.280. The Kier molecular flexibility index (Phi) is 11.4. The smallest absolute Gasteiger partial charge is 0.191 e. The minimum Gasteiger partial charge on any atom is -0.493 e. The van der Waals surface area contributed by atoms with Gasteiger partial charge in [-0.25, -0.2) is 4.99 Å². The summed E-state index contributed by atoms with van der Waals surface area (Å²) < 4.78 is 10.8. The van der Waals surface area contributed by atoms with Gasteiger partial charge in [0.25, 0.3) is 0 Å². The first-order valence-corrected chi connectivity index (χ1v) is 9.14. The van der Waals surface area contributed by atoms with Gasteiger partial charge in [0, 0.05) is 18.7 Å². The van der Waals surface area contributed by atoms with Gasteiger partial charge in [-0.15, -0.1) is 24.0 Å². The second-order valence-electron chi connectivity index (χ2n) is 5.99. The molecule has 2 aromatic carbocycles. The van der Waals surface area contributed by atoms with E-state index in [0.29, 0.717) is 37.0 Å². The van der Waals surface area contributed by atoms with Crippen LogP contribution in [0.15, 0.2) is 53.5 Å². The first-order chi connectivity index (χ1) is 13.2. The van der Waals surface area contributed by atoms with E-state index in [1.165, 1.54) is 0 Å². The van der Waals surface area contributed by atoms with Gasteiger partial charge in [0.1, 0.15) is 0 Å². The molecule has 0 spiro atoms. The Bertz CT molecular complexity index is 726. The van der Waals surface area contributed by atoms with Crippen LogP contribution in [0.25, 0.3) is 0 Å². The van der Waals surface area contributed by atoms with Crippen molar-refractivity contribution in [1.82, 2.24) is 10.6 Å². The van der Waals surface area contributed by atoms with Gasteiger partial charge in [0.2, 0.25) is 0 Å². The number of benzene rings is 2. The number of aliphatic imine (C=N–C) groups is 1. The summed E-state index contributed by atoms with van der Waals surface area (Å²) in [6.45, 7) is 3.83. The molecule has 7 heteroatoms. The average molecular weight is 499 g/mol. The first-order valence-electron chi connectivity index (χ1n) is 9.14. The van der Waals surface area contributed by atoms with Gasteiger partial charge in [0.15, 0.2) is 17.5 Å². The number of ether oxygens (including phenoxy) is 2. The van der Waals surface area contributed by atoms with Gasteiger partial charge in [0.05, 0.1) is 26.9 Å². The van der Waals surface area contributed by atoms with Crippen LogP contribution in [-0.2, 0) is 6.54 Å². The van der Waals surface area contributed by atoms with Gasteiger partial charge in [-0.3, -0.25) is 0 Å². The van der Waals surface area contributed by atoms with Crippen LogP contribution in [0.2, 0.25) is 0 Å². The van der Waals surface area contributed by atoms with Crippen molar-refractivity contribution in [2.45, 2.75) is 26.0 Å². The third-order valence-corrected chi connectivity index (χ3v) is 4.13. The maximum Gasteiger partial charge on any atom is 0.191 e. The Morgan fingerprint density at radius 3 is 2.43 bits per heavy atom. The highest BCUT2D eigenvalue weighted by Gasteiger charge is 2.10. The van der Waals surface area contributed by atoms with Crippen LogP contribution >= 0.6 is 24.0 Å². The molecule has 0 aromatic heterocycles. The van der Waals surface area contributed by atoms with Gasteiger partial charge in [-0.2, -0.15) is 0 Å². The summed E-state index contributed by atoms with van der Waals surface area (Å²) in [5.41, 5.74) is 1.86. The van der Waals surface area contributed by atoms with Crippen molar-refractivity contribution in [2.75, 3.05) is 27.3 Å². The van der Waals surface area contributed by atoms with E-state index >= 15 is 0 Å². The molecule has 0 fully saturated rings. The Hall–Kier alpha value is -2.00. The summed E-state index contributed by atoms with van der Waals surface area (Å²) in [6, 6.07) is 15.4. The van der Waals surface area contributed by atoms with Crippen LogP contribution in [0.1, 0.15) is 30.6 Å². The monoisotopic (exact) mass is 499 g/mol. The lowest BCUT2D eigenvalue weighted by atomic mass is 10.1. The predicted molar refractivity (Wildman–Crippen MR) is 124 cm³/mol. The summed E-state index contributed by atoms with van der Waals surface area (Å²) in [7, 11) is 3.24. The molecule has 28 heavy (non-hydrogen) atoms. The van der Waals surface area contributed by atoms with E-state index in [4.69, 9.17) is 9.47 Å². The Morgan fingerprint density at radius 2 is 1.79 bits per heavy atom. The lowest BCUT2D eigenvalue weighted by molar-refractivity contribution is 0.168. The minimum atomic E-state index is -0.500. The number of hydrogen-bond donors (Lipinski definition) is 3. The zero-order valence-electron chi connectivity index (χ0n) is 16.6. The second kappa shape index (κ2) is 13.2. The highest BCUT2D eigenvalue weighted by atomic mass is 127. The number of rotatable bonds is 9. The zero-order valence-corrected chi connectivity index (χ0v) is 19.0. The first kappa shape index (κ1) is 24.0. The molecule has 2 aromatic rings. The molecule has 0 saturated heterocycles. The molecule has 0 aliphatic rings. The number of aliphatic hydroxyl groups is 1. The molecule has 0 amide bonds. The summed E-state index contributed by atoms with van der Waals surface area (Å²) in [6.07, 6.45) is 0.0942. The number of para-hydroxylation sites is 1. The standard InChI is InChI=1S/C21H29N3O3.HI/c1-4-22-21(23-14-13-18(25)16-9-6-5-7-10-16)24-15-17-11-8-12-19(26-2)20(17)27-3;/h5-12,18,25H,4,13-15H2,1-3H3,(H2,22,23,24);1H. The molecular weight excluding hydrogens is 469 g/mol. The molecule has 0 aliphatic carbocycles. The Balaban J connectivity index is 0.00000392. The molecule has 0 heterocycles. The third kappa shape index (κ3) is 7.20. The summed E-state index contributed by atoms with van der Waals surface area (Å²) in [5.74, 6) is 2.08. The predicted octanol–water partition coefficient (Wildman–Crippen LogP) is 3.50. The summed E-state index contributed by atoms with van der Waals surface area (Å²) in [4.78, 5) is 4.61. The van der Waals surface area contributed by atoms with Crippen molar-refractivity contribution in [1.29, 1.82) is 0 Å². The number of halogens is 1. The van der Waals surface area contributed by atoms with Gasteiger partial charge in [-0.05, 0) is 25.0 Å². The molecule has 1 atom stereocenters. The molecule has 0 bridgehead atoms. The molecule has 0 radical (unpaired) electrons. The topological polar surface area (TPSA) is 75.1 Å². The Labute approximate surface area is 184 Å². The van der Waals surface area contributed by atoms with Gasteiger partial charge >= 0.3 is 0 Å². The van der Waals surface area contributed by atoms with Crippen LogP contribution in [0.3, 0.4) is 0 Å². The van der Waals surface area contributed by atoms with E-state index in [9.17, 15) is 5.11 Å². The van der Waals surface area contributed by atoms with E-state index < -0.39 is 6.10 Å². The highest BCUT2D eigenvalue weighted by Crippen LogP contribution is 2.31. The fourth-order valence-corrected chi connectivity index (χ4v) is 2.75. The zero-order chi connectivity index (χ0) is 19.5. The lowest BCUT2D eigenvalue weighted by Crippen LogP contribution is -2.38. The fraction of sp³-hybridized carbons (Fsp3) is 0.381. The molecule has 0 aliphatic heterocycles. The molecule has 154 valence electrons. The maximum absolute atomic E-state index is 10.3. The molecule has 2 rings (SSSR count). The Morgan fingerprint density at radius 1 is 1.04 bits per heavy atom. The van der Waals surface area contributed by atoms with Crippen LogP contribution in [0.4, 0.5) is 0 Å².